The summed E-state index contributed by atoms with van der Waals surface area (Å²) >= 11 is 3.14. The lowest BCUT2D eigenvalue weighted by Crippen LogP contribution is -2.13. The number of nitrogens with one attached hydrogen (secondary N) is 1. The van der Waals surface area contributed by atoms with Crippen molar-refractivity contribution in [3.63, 3.8) is 0 Å². The highest BCUT2D eigenvalue weighted by atomic mass is 79.9. The molecular formula is C13H8BrFN2O3. The maximum Gasteiger partial charge on any atom is 0.256 e. The molecule has 20 heavy (non-hydrogen) atoms. The Bertz CT molecular complexity index is 693. The van der Waals surface area contributed by atoms with Crippen LogP contribution < -0.4 is 14.8 Å². The van der Waals surface area contributed by atoms with Gasteiger partial charge < -0.3 is 14.8 Å². The van der Waals surface area contributed by atoms with Crippen LogP contribution in [-0.4, -0.2) is 17.7 Å². The van der Waals surface area contributed by atoms with Crippen molar-refractivity contribution >= 4 is 27.7 Å². The topological polar surface area (TPSA) is 60.5 Å². The molecule has 0 spiro atoms. The Kier molecular flexibility index (Phi) is 3.27. The Morgan fingerprint density at radius 1 is 1.30 bits per heavy atom. The van der Waals surface area contributed by atoms with Crippen LogP contribution in [0, 0.1) is 5.82 Å². The van der Waals surface area contributed by atoms with Gasteiger partial charge in [0.15, 0.2) is 11.5 Å². The first-order valence-corrected chi connectivity index (χ1v) is 6.45. The third-order valence-corrected chi connectivity index (χ3v) is 3.28. The number of nitrogens with zero attached hydrogens (tertiary/aromatic N) is 1. The average molecular weight is 339 g/mol. The van der Waals surface area contributed by atoms with Crippen LogP contribution in [-0.2, 0) is 0 Å². The first kappa shape index (κ1) is 12.9. The fourth-order valence-electron chi connectivity index (χ4n) is 1.72. The maximum absolute atomic E-state index is 12.9. The Labute approximate surface area is 121 Å². The number of rotatable bonds is 2. The molecule has 0 aliphatic carbocycles. The summed E-state index contributed by atoms with van der Waals surface area (Å²) in [6.07, 6.45) is 1.03. The fraction of sp³-hybridized carbons (Fsp3) is 0.0769. The van der Waals surface area contributed by atoms with Gasteiger partial charge in [-0.25, -0.2) is 9.37 Å². The van der Waals surface area contributed by atoms with Crippen molar-refractivity contribution in [2.45, 2.75) is 0 Å². The number of hydrogen-bond acceptors (Lipinski definition) is 4. The van der Waals surface area contributed by atoms with Gasteiger partial charge >= 0.3 is 0 Å². The minimum Gasteiger partial charge on any atom is -0.454 e. The first-order valence-electron chi connectivity index (χ1n) is 5.65. The van der Waals surface area contributed by atoms with E-state index >= 15 is 0 Å². The predicted octanol–water partition coefficient (Wildman–Crippen LogP) is 2.96. The van der Waals surface area contributed by atoms with Crippen LogP contribution in [0.25, 0.3) is 0 Å². The molecule has 2 heterocycles. The van der Waals surface area contributed by atoms with Crippen molar-refractivity contribution in [2.24, 2.45) is 0 Å². The second-order valence-electron chi connectivity index (χ2n) is 4.01. The molecule has 0 fully saturated rings. The van der Waals surface area contributed by atoms with E-state index in [-0.39, 0.29) is 18.5 Å². The van der Waals surface area contributed by atoms with Gasteiger partial charge in [0.2, 0.25) is 6.79 Å². The molecule has 0 radical (unpaired) electrons. The van der Waals surface area contributed by atoms with Crippen LogP contribution in [0.1, 0.15) is 10.4 Å². The number of carbonyl (C=O) groups is 1. The highest BCUT2D eigenvalue weighted by Gasteiger charge is 2.17. The Hall–Kier alpha value is -2.15. The Morgan fingerprint density at radius 2 is 2.10 bits per heavy atom. The normalized spacial score (nSPS) is 12.3. The molecule has 1 amide bonds. The monoisotopic (exact) mass is 338 g/mol. The van der Waals surface area contributed by atoms with E-state index in [1.54, 1.807) is 18.2 Å². The number of halogens is 2. The zero-order valence-electron chi connectivity index (χ0n) is 10.0. The van der Waals surface area contributed by atoms with E-state index in [1.165, 1.54) is 6.07 Å². The van der Waals surface area contributed by atoms with Gasteiger partial charge in [-0.15, -0.1) is 0 Å². The summed E-state index contributed by atoms with van der Waals surface area (Å²) in [6.45, 7) is 0.144. The van der Waals surface area contributed by atoms with E-state index in [9.17, 15) is 9.18 Å². The molecule has 1 aliphatic heterocycles. The number of carbonyl (C=O) groups excluding carboxylic acids is 1. The van der Waals surface area contributed by atoms with Crippen LogP contribution in [0.5, 0.6) is 11.5 Å². The van der Waals surface area contributed by atoms with E-state index in [1.807, 2.05) is 0 Å². The fourth-order valence-corrected chi connectivity index (χ4v) is 2.14. The largest absolute Gasteiger partial charge is 0.454 e. The van der Waals surface area contributed by atoms with Crippen LogP contribution in [0.3, 0.4) is 0 Å². The van der Waals surface area contributed by atoms with Crippen LogP contribution in [0.4, 0.5) is 10.2 Å². The molecule has 0 atom stereocenters. The van der Waals surface area contributed by atoms with Crippen molar-refractivity contribution in [3.05, 3.63) is 46.3 Å². The van der Waals surface area contributed by atoms with Gasteiger partial charge in [-0.3, -0.25) is 4.79 Å². The summed E-state index contributed by atoms with van der Waals surface area (Å²) < 4.78 is 23.7. The molecule has 0 saturated carbocycles. The van der Waals surface area contributed by atoms with E-state index in [0.717, 1.165) is 6.20 Å². The van der Waals surface area contributed by atoms with E-state index in [4.69, 9.17) is 9.47 Å². The van der Waals surface area contributed by atoms with Crippen LogP contribution in [0.2, 0.25) is 0 Å². The van der Waals surface area contributed by atoms with Crippen molar-refractivity contribution in [2.75, 3.05) is 12.1 Å². The molecular weight excluding hydrogens is 331 g/mol. The molecule has 1 N–H and O–H groups in total. The lowest BCUT2D eigenvalue weighted by molar-refractivity contribution is 0.102. The zero-order chi connectivity index (χ0) is 14.1. The van der Waals surface area contributed by atoms with Gasteiger partial charge in [0.05, 0.1) is 10.7 Å². The minimum atomic E-state index is -0.488. The van der Waals surface area contributed by atoms with Crippen molar-refractivity contribution in [1.82, 2.24) is 4.98 Å². The number of aromatic nitrogens is 1. The second-order valence-corrected chi connectivity index (χ2v) is 4.86. The molecule has 102 valence electrons. The van der Waals surface area contributed by atoms with Gasteiger partial charge in [0, 0.05) is 5.56 Å². The number of anilines is 1. The maximum atomic E-state index is 12.9. The molecule has 0 unspecified atom stereocenters. The van der Waals surface area contributed by atoms with Crippen molar-refractivity contribution in [3.8, 4) is 11.5 Å². The molecule has 0 bridgehead atoms. The summed E-state index contributed by atoms with van der Waals surface area (Å²) in [6, 6.07) is 6.07. The standard InChI is InChI=1S/C13H8BrFN2O3/c14-9-4-8(15)5-16-12(9)17-13(18)7-1-2-10-11(3-7)20-6-19-10/h1-5H,6H2,(H,16,17,18). The van der Waals surface area contributed by atoms with E-state index < -0.39 is 5.82 Å². The number of ether oxygens (including phenoxy) is 2. The third-order valence-electron chi connectivity index (χ3n) is 2.67. The Morgan fingerprint density at radius 3 is 2.90 bits per heavy atom. The lowest BCUT2D eigenvalue weighted by atomic mass is 10.2. The van der Waals surface area contributed by atoms with Gasteiger partial charge in [-0.1, -0.05) is 0 Å². The summed E-state index contributed by atoms with van der Waals surface area (Å²) in [5, 5.41) is 2.58. The summed E-state index contributed by atoms with van der Waals surface area (Å²) in [5.41, 5.74) is 0.396. The molecule has 7 heteroatoms. The number of benzene rings is 1. The first-order chi connectivity index (χ1) is 9.63. The molecule has 3 rings (SSSR count). The smallest absolute Gasteiger partial charge is 0.256 e. The van der Waals surface area contributed by atoms with Crippen molar-refractivity contribution in [1.29, 1.82) is 0 Å². The van der Waals surface area contributed by atoms with Gasteiger partial charge in [0.1, 0.15) is 11.6 Å². The average Bonchev–Trinajstić information content (AvgIpc) is 2.89. The van der Waals surface area contributed by atoms with Gasteiger partial charge in [-0.05, 0) is 40.2 Å². The molecule has 5 nitrogen and oxygen atoms in total. The number of fused-ring (bicyclic) bond motifs is 1. The second kappa shape index (κ2) is 5.09. The summed E-state index contributed by atoms with van der Waals surface area (Å²) in [7, 11) is 0. The van der Waals surface area contributed by atoms with E-state index in [0.29, 0.717) is 21.5 Å². The SMILES string of the molecule is O=C(Nc1ncc(F)cc1Br)c1ccc2c(c1)OCO2. The number of amides is 1. The zero-order valence-corrected chi connectivity index (χ0v) is 11.6. The molecule has 0 saturated heterocycles. The third kappa shape index (κ3) is 2.44. The highest BCUT2D eigenvalue weighted by molar-refractivity contribution is 9.10. The highest BCUT2D eigenvalue weighted by Crippen LogP contribution is 2.32. The molecule has 2 aromatic rings. The van der Waals surface area contributed by atoms with E-state index in [2.05, 4.69) is 26.2 Å². The summed E-state index contributed by atoms with van der Waals surface area (Å²) in [4.78, 5) is 15.9. The molecule has 1 aromatic heterocycles. The Balaban J connectivity index is 1.82. The minimum absolute atomic E-state index is 0.144. The molecule has 1 aromatic carbocycles. The number of pyridine rings is 1. The van der Waals surface area contributed by atoms with Crippen molar-refractivity contribution < 1.29 is 18.7 Å². The molecule has 1 aliphatic rings. The number of hydrogen-bond donors (Lipinski definition) is 1. The lowest BCUT2D eigenvalue weighted by Gasteiger charge is -2.07. The van der Waals surface area contributed by atoms with Crippen LogP contribution in [0.15, 0.2) is 34.9 Å². The predicted molar refractivity (Wildman–Crippen MR) is 72.4 cm³/mol. The van der Waals surface area contributed by atoms with Crippen LogP contribution >= 0.6 is 15.9 Å². The summed E-state index contributed by atoms with van der Waals surface area (Å²) in [5.74, 6) is 0.501. The quantitative estimate of drug-likeness (QED) is 0.914. The van der Waals surface area contributed by atoms with Gasteiger partial charge in [0.25, 0.3) is 5.91 Å². The van der Waals surface area contributed by atoms with Gasteiger partial charge in [-0.2, -0.15) is 0 Å².